The molecule has 0 aromatic carbocycles. The van der Waals surface area contributed by atoms with Crippen LogP contribution in [0.2, 0.25) is 0 Å². The number of nitrogens with zero attached hydrogens (tertiary/aromatic N) is 1. The molecule has 0 aliphatic heterocycles. The molecule has 14 heavy (non-hydrogen) atoms. The summed E-state index contributed by atoms with van der Waals surface area (Å²) in [6, 6.07) is 0.295. The fraction of sp³-hybridized carbons (Fsp3) is 0.727. The molecule has 0 aromatic heterocycles. The summed E-state index contributed by atoms with van der Waals surface area (Å²) in [6.07, 6.45) is 2.76. The Morgan fingerprint density at radius 2 is 2.07 bits per heavy atom. The average molecular weight is 199 g/mol. The number of carboxylic acids is 1. The van der Waals surface area contributed by atoms with E-state index < -0.39 is 5.97 Å². The quantitative estimate of drug-likeness (QED) is 0.637. The standard InChI is InChI=1S/C11H21NO2/c1-5-6-12(8-11(13)14)10(4)7-9(2)3/h5,9-10H,1,6-8H2,2-4H3,(H,13,14). The van der Waals surface area contributed by atoms with Crippen molar-refractivity contribution in [2.45, 2.75) is 33.2 Å². The van der Waals surface area contributed by atoms with Gasteiger partial charge in [-0.15, -0.1) is 6.58 Å². The summed E-state index contributed by atoms with van der Waals surface area (Å²) in [4.78, 5) is 12.5. The molecule has 3 nitrogen and oxygen atoms in total. The highest BCUT2D eigenvalue weighted by atomic mass is 16.4. The van der Waals surface area contributed by atoms with Crippen molar-refractivity contribution in [3.05, 3.63) is 12.7 Å². The molecule has 82 valence electrons. The molecule has 0 radical (unpaired) electrons. The highest BCUT2D eigenvalue weighted by Crippen LogP contribution is 2.10. The Balaban J connectivity index is 4.16. The van der Waals surface area contributed by atoms with Gasteiger partial charge >= 0.3 is 5.97 Å². The Hall–Kier alpha value is -0.830. The zero-order valence-corrected chi connectivity index (χ0v) is 9.36. The highest BCUT2D eigenvalue weighted by molar-refractivity contribution is 5.69. The van der Waals surface area contributed by atoms with Crippen LogP contribution in [0.3, 0.4) is 0 Å². The Labute approximate surface area is 86.4 Å². The zero-order valence-electron chi connectivity index (χ0n) is 9.36. The van der Waals surface area contributed by atoms with Crippen molar-refractivity contribution >= 4 is 5.97 Å². The molecule has 0 heterocycles. The van der Waals surface area contributed by atoms with E-state index in [9.17, 15) is 4.79 Å². The maximum absolute atomic E-state index is 10.6. The van der Waals surface area contributed by atoms with E-state index in [4.69, 9.17) is 5.11 Å². The van der Waals surface area contributed by atoms with Crippen molar-refractivity contribution in [1.29, 1.82) is 0 Å². The Morgan fingerprint density at radius 1 is 1.50 bits per heavy atom. The third kappa shape index (κ3) is 5.75. The lowest BCUT2D eigenvalue weighted by Gasteiger charge is -2.27. The molecule has 0 fully saturated rings. The van der Waals surface area contributed by atoms with Crippen LogP contribution in [0.4, 0.5) is 0 Å². The van der Waals surface area contributed by atoms with Crippen LogP contribution in [0.5, 0.6) is 0 Å². The lowest BCUT2D eigenvalue weighted by Crippen LogP contribution is -2.38. The summed E-state index contributed by atoms with van der Waals surface area (Å²) in [5, 5.41) is 8.72. The second-order valence-corrected chi connectivity index (χ2v) is 4.09. The molecule has 0 spiro atoms. The van der Waals surface area contributed by atoms with E-state index in [1.807, 2.05) is 4.90 Å². The molecule has 3 heteroatoms. The van der Waals surface area contributed by atoms with Crippen LogP contribution in [-0.4, -0.2) is 35.1 Å². The average Bonchev–Trinajstić information content (AvgIpc) is 2.01. The lowest BCUT2D eigenvalue weighted by molar-refractivity contribution is -0.138. The van der Waals surface area contributed by atoms with Gasteiger partial charge in [0.25, 0.3) is 0 Å². The van der Waals surface area contributed by atoms with Gasteiger partial charge in [-0.2, -0.15) is 0 Å². The van der Waals surface area contributed by atoms with Gasteiger partial charge in [-0.25, -0.2) is 0 Å². The van der Waals surface area contributed by atoms with Crippen molar-refractivity contribution in [1.82, 2.24) is 4.90 Å². The summed E-state index contributed by atoms with van der Waals surface area (Å²) >= 11 is 0. The van der Waals surface area contributed by atoms with E-state index in [-0.39, 0.29) is 6.54 Å². The van der Waals surface area contributed by atoms with Crippen LogP contribution in [0, 0.1) is 5.92 Å². The molecule has 0 aliphatic carbocycles. The van der Waals surface area contributed by atoms with Crippen LogP contribution in [-0.2, 0) is 4.79 Å². The van der Waals surface area contributed by atoms with Gasteiger partial charge in [0.15, 0.2) is 0 Å². The number of carboxylic acid groups (broad SMARTS) is 1. The highest BCUT2D eigenvalue weighted by Gasteiger charge is 2.16. The molecule has 0 rings (SSSR count). The SMILES string of the molecule is C=CCN(CC(=O)O)C(C)CC(C)C. The van der Waals surface area contributed by atoms with Crippen molar-refractivity contribution in [2.24, 2.45) is 5.92 Å². The summed E-state index contributed by atoms with van der Waals surface area (Å²) < 4.78 is 0. The molecule has 1 unspecified atom stereocenters. The van der Waals surface area contributed by atoms with E-state index in [0.717, 1.165) is 6.42 Å². The number of carbonyl (C=O) groups is 1. The summed E-state index contributed by atoms with van der Waals surface area (Å²) in [5.74, 6) is -0.187. The minimum absolute atomic E-state index is 0.0971. The molecule has 0 aromatic rings. The summed E-state index contributed by atoms with van der Waals surface area (Å²) in [5.41, 5.74) is 0. The van der Waals surface area contributed by atoms with Crippen molar-refractivity contribution in [2.75, 3.05) is 13.1 Å². The fourth-order valence-corrected chi connectivity index (χ4v) is 1.57. The van der Waals surface area contributed by atoms with Crippen LogP contribution >= 0.6 is 0 Å². The van der Waals surface area contributed by atoms with Crippen LogP contribution < -0.4 is 0 Å². The van der Waals surface area contributed by atoms with Gasteiger partial charge in [0.05, 0.1) is 6.54 Å². The van der Waals surface area contributed by atoms with Gasteiger partial charge in [0.2, 0.25) is 0 Å². The lowest BCUT2D eigenvalue weighted by atomic mass is 10.0. The Morgan fingerprint density at radius 3 is 2.43 bits per heavy atom. The van der Waals surface area contributed by atoms with Gasteiger partial charge < -0.3 is 5.11 Å². The largest absolute Gasteiger partial charge is 0.480 e. The second-order valence-electron chi connectivity index (χ2n) is 4.09. The van der Waals surface area contributed by atoms with Gasteiger partial charge in [-0.3, -0.25) is 9.69 Å². The van der Waals surface area contributed by atoms with Gasteiger partial charge in [-0.1, -0.05) is 19.9 Å². The van der Waals surface area contributed by atoms with Crippen LogP contribution in [0.25, 0.3) is 0 Å². The first-order valence-electron chi connectivity index (χ1n) is 5.04. The van der Waals surface area contributed by atoms with E-state index in [0.29, 0.717) is 18.5 Å². The van der Waals surface area contributed by atoms with Crippen molar-refractivity contribution in [3.63, 3.8) is 0 Å². The Bertz CT molecular complexity index is 190. The monoisotopic (exact) mass is 199 g/mol. The minimum atomic E-state index is -0.776. The number of hydrogen-bond acceptors (Lipinski definition) is 2. The topological polar surface area (TPSA) is 40.5 Å². The molecular formula is C11H21NO2. The first-order valence-corrected chi connectivity index (χ1v) is 5.04. The van der Waals surface area contributed by atoms with Gasteiger partial charge in [-0.05, 0) is 19.3 Å². The molecule has 0 saturated carbocycles. The van der Waals surface area contributed by atoms with Gasteiger partial charge in [0.1, 0.15) is 0 Å². The molecule has 1 N–H and O–H groups in total. The van der Waals surface area contributed by atoms with Crippen molar-refractivity contribution in [3.8, 4) is 0 Å². The second kappa shape index (κ2) is 6.60. The van der Waals surface area contributed by atoms with E-state index >= 15 is 0 Å². The smallest absolute Gasteiger partial charge is 0.317 e. The number of aliphatic carboxylic acids is 1. The van der Waals surface area contributed by atoms with E-state index in [2.05, 4.69) is 27.4 Å². The molecule has 0 aliphatic rings. The number of rotatable bonds is 7. The molecule has 1 atom stereocenters. The van der Waals surface area contributed by atoms with Crippen molar-refractivity contribution < 1.29 is 9.90 Å². The first kappa shape index (κ1) is 13.2. The van der Waals surface area contributed by atoms with E-state index in [1.54, 1.807) is 6.08 Å². The summed E-state index contributed by atoms with van der Waals surface area (Å²) in [6.45, 7) is 10.7. The fourth-order valence-electron chi connectivity index (χ4n) is 1.57. The van der Waals surface area contributed by atoms with Crippen LogP contribution in [0.15, 0.2) is 12.7 Å². The van der Waals surface area contributed by atoms with Gasteiger partial charge in [0, 0.05) is 12.6 Å². The molecule has 0 amide bonds. The Kier molecular flexibility index (Phi) is 6.21. The predicted octanol–water partition coefficient (Wildman–Crippen LogP) is 1.99. The minimum Gasteiger partial charge on any atom is -0.480 e. The predicted molar refractivity (Wildman–Crippen MR) is 58.3 cm³/mol. The third-order valence-electron chi connectivity index (χ3n) is 2.14. The molecular weight excluding hydrogens is 178 g/mol. The zero-order chi connectivity index (χ0) is 11.1. The number of hydrogen-bond donors (Lipinski definition) is 1. The molecule has 0 bridgehead atoms. The normalized spacial score (nSPS) is 13.2. The summed E-state index contributed by atoms with van der Waals surface area (Å²) in [7, 11) is 0. The molecule has 0 saturated heterocycles. The maximum atomic E-state index is 10.6. The maximum Gasteiger partial charge on any atom is 0.317 e. The van der Waals surface area contributed by atoms with E-state index in [1.165, 1.54) is 0 Å². The first-order chi connectivity index (χ1) is 6.47. The third-order valence-corrected chi connectivity index (χ3v) is 2.14. The van der Waals surface area contributed by atoms with Crippen LogP contribution in [0.1, 0.15) is 27.2 Å².